The van der Waals surface area contributed by atoms with E-state index in [0.29, 0.717) is 6.04 Å². The number of benzene rings is 1. The number of carbonyl (C=O) groups excluding carboxylic acids is 1. The third-order valence-electron chi connectivity index (χ3n) is 3.80. The highest BCUT2D eigenvalue weighted by molar-refractivity contribution is 5.94. The molecule has 0 radical (unpaired) electrons. The first kappa shape index (κ1) is 21.2. The summed E-state index contributed by atoms with van der Waals surface area (Å²) in [6.45, 7) is 0.847. The summed E-state index contributed by atoms with van der Waals surface area (Å²) in [6, 6.07) is 8.44. The number of carbonyl (C=O) groups is 1. The van der Waals surface area contributed by atoms with Crippen LogP contribution in [0.4, 0.5) is 0 Å². The standard InChI is InChI=1S/C16H25N3O.2ClH/c1-19(2)11-12-4-3-5-13(10-12)16(20)18-15-8-6-14(17)7-9-15;;/h3-5,10,14-15H,6-9,11,17H2,1-2H3,(H,18,20);2*1H. The molecule has 3 N–H and O–H groups in total. The monoisotopic (exact) mass is 347 g/mol. The molecule has 0 aromatic heterocycles. The van der Waals surface area contributed by atoms with E-state index in [1.54, 1.807) is 0 Å². The minimum atomic E-state index is 0. The number of nitrogens with two attached hydrogens (primary N) is 1. The SMILES string of the molecule is CN(C)Cc1cccc(C(=O)NC2CCC(N)CC2)c1.Cl.Cl. The van der Waals surface area contributed by atoms with Crippen LogP contribution in [0, 0.1) is 0 Å². The molecule has 1 amide bonds. The molecule has 1 aromatic carbocycles. The highest BCUT2D eigenvalue weighted by Crippen LogP contribution is 2.17. The normalized spacial score (nSPS) is 20.7. The quantitative estimate of drug-likeness (QED) is 0.879. The largest absolute Gasteiger partial charge is 0.349 e. The Hall–Kier alpha value is -0.810. The number of rotatable bonds is 4. The van der Waals surface area contributed by atoms with Crippen LogP contribution in [0.3, 0.4) is 0 Å². The van der Waals surface area contributed by atoms with Crippen LogP contribution in [0.5, 0.6) is 0 Å². The Morgan fingerprint density at radius 3 is 2.45 bits per heavy atom. The minimum absolute atomic E-state index is 0. The molecule has 1 fully saturated rings. The lowest BCUT2D eigenvalue weighted by atomic mass is 9.91. The van der Waals surface area contributed by atoms with Gasteiger partial charge in [-0.05, 0) is 57.5 Å². The maximum atomic E-state index is 12.3. The van der Waals surface area contributed by atoms with E-state index in [-0.39, 0.29) is 36.8 Å². The van der Waals surface area contributed by atoms with E-state index in [0.717, 1.165) is 43.4 Å². The van der Waals surface area contributed by atoms with Crippen molar-refractivity contribution in [2.24, 2.45) is 5.73 Å². The first-order valence-corrected chi connectivity index (χ1v) is 7.34. The molecule has 0 atom stereocenters. The lowest BCUT2D eigenvalue weighted by Gasteiger charge is -2.26. The molecule has 2 rings (SSSR count). The smallest absolute Gasteiger partial charge is 0.251 e. The molecule has 0 spiro atoms. The Morgan fingerprint density at radius 2 is 1.86 bits per heavy atom. The van der Waals surface area contributed by atoms with Gasteiger partial charge in [0.2, 0.25) is 0 Å². The van der Waals surface area contributed by atoms with Crippen LogP contribution in [0.15, 0.2) is 24.3 Å². The summed E-state index contributed by atoms with van der Waals surface area (Å²) < 4.78 is 0. The number of hydrogen-bond donors (Lipinski definition) is 2. The van der Waals surface area contributed by atoms with Crippen molar-refractivity contribution >= 4 is 30.7 Å². The van der Waals surface area contributed by atoms with Gasteiger partial charge in [-0.2, -0.15) is 0 Å². The van der Waals surface area contributed by atoms with Crippen LogP contribution >= 0.6 is 24.8 Å². The van der Waals surface area contributed by atoms with Gasteiger partial charge in [-0.15, -0.1) is 24.8 Å². The fourth-order valence-corrected chi connectivity index (χ4v) is 2.71. The van der Waals surface area contributed by atoms with Crippen molar-refractivity contribution in [3.63, 3.8) is 0 Å². The lowest BCUT2D eigenvalue weighted by Crippen LogP contribution is -2.40. The maximum absolute atomic E-state index is 12.3. The molecule has 0 heterocycles. The van der Waals surface area contributed by atoms with E-state index < -0.39 is 0 Å². The van der Waals surface area contributed by atoms with Gasteiger partial charge >= 0.3 is 0 Å². The van der Waals surface area contributed by atoms with Gasteiger partial charge in [-0.25, -0.2) is 0 Å². The number of amides is 1. The van der Waals surface area contributed by atoms with Gasteiger partial charge in [-0.3, -0.25) is 4.79 Å². The second kappa shape index (κ2) is 10.1. The third kappa shape index (κ3) is 6.53. The van der Waals surface area contributed by atoms with Crippen molar-refractivity contribution in [2.45, 2.75) is 44.3 Å². The zero-order valence-corrected chi connectivity index (χ0v) is 14.9. The van der Waals surface area contributed by atoms with Crippen LogP contribution in [-0.2, 0) is 6.54 Å². The van der Waals surface area contributed by atoms with E-state index in [1.807, 2.05) is 32.3 Å². The first-order chi connectivity index (χ1) is 9.54. The fourth-order valence-electron chi connectivity index (χ4n) is 2.71. The molecule has 0 bridgehead atoms. The average molecular weight is 348 g/mol. The van der Waals surface area contributed by atoms with Crippen LogP contribution in [-0.4, -0.2) is 37.0 Å². The highest BCUT2D eigenvalue weighted by Gasteiger charge is 2.20. The topological polar surface area (TPSA) is 58.4 Å². The molecular formula is C16H27Cl2N3O. The van der Waals surface area contributed by atoms with E-state index >= 15 is 0 Å². The zero-order valence-electron chi connectivity index (χ0n) is 13.2. The third-order valence-corrected chi connectivity index (χ3v) is 3.80. The Bertz CT molecular complexity index is 460. The summed E-state index contributed by atoms with van der Waals surface area (Å²) in [6.07, 6.45) is 3.99. The summed E-state index contributed by atoms with van der Waals surface area (Å²) in [5.41, 5.74) is 7.80. The number of hydrogen-bond acceptors (Lipinski definition) is 3. The summed E-state index contributed by atoms with van der Waals surface area (Å²) in [4.78, 5) is 14.4. The highest BCUT2D eigenvalue weighted by atomic mass is 35.5. The van der Waals surface area contributed by atoms with Crippen LogP contribution in [0.1, 0.15) is 41.6 Å². The molecule has 6 heteroatoms. The van der Waals surface area contributed by atoms with Crippen LogP contribution < -0.4 is 11.1 Å². The second-order valence-corrected chi connectivity index (χ2v) is 6.02. The zero-order chi connectivity index (χ0) is 14.5. The Morgan fingerprint density at radius 1 is 1.23 bits per heavy atom. The number of nitrogens with zero attached hydrogens (tertiary/aromatic N) is 1. The van der Waals surface area contributed by atoms with Gasteiger partial charge in [0.25, 0.3) is 5.91 Å². The van der Waals surface area contributed by atoms with E-state index in [4.69, 9.17) is 5.73 Å². The predicted octanol–water partition coefficient (Wildman–Crippen LogP) is 2.59. The molecule has 1 aliphatic carbocycles. The van der Waals surface area contributed by atoms with Crippen molar-refractivity contribution < 1.29 is 4.79 Å². The van der Waals surface area contributed by atoms with E-state index in [1.165, 1.54) is 0 Å². The average Bonchev–Trinajstić information content (AvgIpc) is 2.41. The molecule has 1 aromatic rings. The Kier molecular flexibility index (Phi) is 9.69. The van der Waals surface area contributed by atoms with Gasteiger partial charge in [0.05, 0.1) is 0 Å². The van der Waals surface area contributed by atoms with Crippen molar-refractivity contribution in [2.75, 3.05) is 14.1 Å². The lowest BCUT2D eigenvalue weighted by molar-refractivity contribution is 0.0925. The molecule has 1 aliphatic rings. The molecule has 4 nitrogen and oxygen atoms in total. The van der Waals surface area contributed by atoms with Gasteiger partial charge < -0.3 is 16.0 Å². The summed E-state index contributed by atoms with van der Waals surface area (Å²) in [7, 11) is 4.05. The van der Waals surface area contributed by atoms with Crippen molar-refractivity contribution in [1.82, 2.24) is 10.2 Å². The summed E-state index contributed by atoms with van der Waals surface area (Å²) in [5.74, 6) is 0.0334. The second-order valence-electron chi connectivity index (χ2n) is 6.02. The van der Waals surface area contributed by atoms with E-state index in [9.17, 15) is 4.79 Å². The van der Waals surface area contributed by atoms with Gasteiger partial charge in [0.15, 0.2) is 0 Å². The summed E-state index contributed by atoms with van der Waals surface area (Å²) >= 11 is 0. The van der Waals surface area contributed by atoms with Crippen LogP contribution in [0.2, 0.25) is 0 Å². The maximum Gasteiger partial charge on any atom is 0.251 e. The van der Waals surface area contributed by atoms with Crippen LogP contribution in [0.25, 0.3) is 0 Å². The van der Waals surface area contributed by atoms with Gasteiger partial charge in [0.1, 0.15) is 0 Å². The number of halogens is 2. The molecule has 1 saturated carbocycles. The summed E-state index contributed by atoms with van der Waals surface area (Å²) in [5, 5.41) is 3.13. The van der Waals surface area contributed by atoms with Gasteiger partial charge in [0, 0.05) is 24.2 Å². The molecule has 126 valence electrons. The Labute approximate surface area is 145 Å². The van der Waals surface area contributed by atoms with Crippen molar-refractivity contribution in [3.05, 3.63) is 35.4 Å². The molecule has 0 unspecified atom stereocenters. The minimum Gasteiger partial charge on any atom is -0.349 e. The molecular weight excluding hydrogens is 321 g/mol. The first-order valence-electron chi connectivity index (χ1n) is 7.34. The number of nitrogens with one attached hydrogen (secondary N) is 1. The van der Waals surface area contributed by atoms with Crippen molar-refractivity contribution in [3.8, 4) is 0 Å². The van der Waals surface area contributed by atoms with Crippen molar-refractivity contribution in [1.29, 1.82) is 0 Å². The predicted molar refractivity (Wildman–Crippen MR) is 96.0 cm³/mol. The fraction of sp³-hybridized carbons (Fsp3) is 0.562. The molecule has 0 aliphatic heterocycles. The van der Waals surface area contributed by atoms with Gasteiger partial charge in [-0.1, -0.05) is 12.1 Å². The Balaban J connectivity index is 0.00000220. The van der Waals surface area contributed by atoms with E-state index in [2.05, 4.69) is 16.3 Å². The molecule has 0 saturated heterocycles. The molecule has 22 heavy (non-hydrogen) atoms.